The van der Waals surface area contributed by atoms with Gasteiger partial charge in [0.05, 0.1) is 12.6 Å². The molecule has 0 aliphatic heterocycles. The predicted octanol–water partition coefficient (Wildman–Crippen LogP) is 3.20. The van der Waals surface area contributed by atoms with Crippen LogP contribution in [0.4, 0.5) is 4.79 Å². The summed E-state index contributed by atoms with van der Waals surface area (Å²) in [7, 11) is 0. The molecule has 2 aliphatic carbocycles. The Kier molecular flexibility index (Phi) is 4.59. The van der Waals surface area contributed by atoms with E-state index in [9.17, 15) is 9.90 Å². The zero-order chi connectivity index (χ0) is 15.7. The maximum atomic E-state index is 12.6. The van der Waals surface area contributed by atoms with Gasteiger partial charge < -0.3 is 15.3 Å². The highest BCUT2D eigenvalue weighted by Gasteiger charge is 2.42. The molecule has 0 heterocycles. The van der Waals surface area contributed by atoms with Crippen LogP contribution in [0.5, 0.6) is 0 Å². The number of nitrogens with one attached hydrogen (secondary N) is 1. The van der Waals surface area contributed by atoms with E-state index in [2.05, 4.69) is 12.2 Å². The first-order valence-electron chi connectivity index (χ1n) is 8.03. The minimum Gasteiger partial charge on any atom is -0.395 e. The fourth-order valence-electron chi connectivity index (χ4n) is 3.08. The summed E-state index contributed by atoms with van der Waals surface area (Å²) in [6.45, 7) is 2.63. The highest BCUT2D eigenvalue weighted by molar-refractivity contribution is 6.30. The SMILES string of the molecule is CC1CC1C(NC(=O)N(CCO)C1CC1)c1ccc(Cl)cc1. The number of hydrogen-bond donors (Lipinski definition) is 2. The Morgan fingerprint density at radius 2 is 2.05 bits per heavy atom. The third-order valence-corrected chi connectivity index (χ3v) is 4.95. The number of carbonyl (C=O) groups excluding carboxylic acids is 1. The van der Waals surface area contributed by atoms with Crippen molar-refractivity contribution in [3.05, 3.63) is 34.9 Å². The quantitative estimate of drug-likeness (QED) is 0.845. The monoisotopic (exact) mass is 322 g/mol. The van der Waals surface area contributed by atoms with Crippen LogP contribution in [0.15, 0.2) is 24.3 Å². The van der Waals surface area contributed by atoms with Gasteiger partial charge in [0, 0.05) is 17.6 Å². The normalized spacial score (nSPS) is 24.7. The van der Waals surface area contributed by atoms with Crippen molar-refractivity contribution in [1.82, 2.24) is 10.2 Å². The second-order valence-corrected chi connectivity index (χ2v) is 6.94. The van der Waals surface area contributed by atoms with E-state index >= 15 is 0 Å². The fourth-order valence-corrected chi connectivity index (χ4v) is 3.21. The van der Waals surface area contributed by atoms with Crippen LogP contribution in [0.25, 0.3) is 0 Å². The van der Waals surface area contributed by atoms with Gasteiger partial charge in [-0.05, 0) is 48.8 Å². The molecule has 1 aromatic carbocycles. The van der Waals surface area contributed by atoms with Gasteiger partial charge in [0.15, 0.2) is 0 Å². The lowest BCUT2D eigenvalue weighted by atomic mass is 10.0. The minimum atomic E-state index is -0.0596. The molecule has 0 radical (unpaired) electrons. The van der Waals surface area contributed by atoms with E-state index < -0.39 is 0 Å². The molecule has 120 valence electrons. The number of aliphatic hydroxyl groups is 1. The first-order chi connectivity index (χ1) is 10.6. The third kappa shape index (κ3) is 3.55. The standard InChI is InChI=1S/C17H23ClN2O2/c1-11-10-15(11)16(12-2-4-13(18)5-3-12)19-17(22)20(8-9-21)14-6-7-14/h2-5,11,14-16,21H,6-10H2,1H3,(H,19,22). The van der Waals surface area contributed by atoms with E-state index in [1.807, 2.05) is 24.3 Å². The van der Waals surface area contributed by atoms with E-state index in [1.54, 1.807) is 4.90 Å². The Morgan fingerprint density at radius 3 is 2.55 bits per heavy atom. The largest absolute Gasteiger partial charge is 0.395 e. The van der Waals surface area contributed by atoms with Gasteiger partial charge in [-0.1, -0.05) is 30.7 Å². The van der Waals surface area contributed by atoms with Gasteiger partial charge in [0.2, 0.25) is 0 Å². The predicted molar refractivity (Wildman–Crippen MR) is 86.8 cm³/mol. The molecule has 0 aromatic heterocycles. The molecule has 0 saturated heterocycles. The molecule has 2 aliphatic rings. The molecule has 3 atom stereocenters. The van der Waals surface area contributed by atoms with E-state index in [1.165, 1.54) is 0 Å². The Morgan fingerprint density at radius 1 is 1.41 bits per heavy atom. The van der Waals surface area contributed by atoms with Crippen molar-refractivity contribution in [3.63, 3.8) is 0 Å². The molecular formula is C17H23ClN2O2. The Hall–Kier alpha value is -1.26. The number of benzene rings is 1. The Labute approximate surface area is 136 Å². The molecule has 0 bridgehead atoms. The molecule has 2 fully saturated rings. The van der Waals surface area contributed by atoms with Crippen molar-refractivity contribution in [2.75, 3.05) is 13.2 Å². The van der Waals surface area contributed by atoms with E-state index in [0.717, 1.165) is 24.8 Å². The van der Waals surface area contributed by atoms with Crippen molar-refractivity contribution >= 4 is 17.6 Å². The third-order valence-electron chi connectivity index (χ3n) is 4.70. The molecule has 0 spiro atoms. The average Bonchev–Trinajstić information content (AvgIpc) is 3.40. The van der Waals surface area contributed by atoms with Crippen LogP contribution in [0.1, 0.15) is 37.8 Å². The molecule has 1 aromatic rings. The van der Waals surface area contributed by atoms with Crippen LogP contribution < -0.4 is 5.32 Å². The smallest absolute Gasteiger partial charge is 0.318 e. The zero-order valence-corrected chi connectivity index (χ0v) is 13.6. The van der Waals surface area contributed by atoms with Crippen LogP contribution in [0.2, 0.25) is 5.02 Å². The molecule has 3 rings (SSSR count). The number of carbonyl (C=O) groups is 1. The Balaban J connectivity index is 1.72. The number of urea groups is 1. The van der Waals surface area contributed by atoms with Crippen LogP contribution in [-0.2, 0) is 0 Å². The average molecular weight is 323 g/mol. The lowest BCUT2D eigenvalue weighted by Crippen LogP contribution is -2.44. The fraction of sp³-hybridized carbons (Fsp3) is 0.588. The van der Waals surface area contributed by atoms with E-state index in [0.29, 0.717) is 29.4 Å². The zero-order valence-electron chi connectivity index (χ0n) is 12.8. The summed E-state index contributed by atoms with van der Waals surface area (Å²) in [4.78, 5) is 14.4. The topological polar surface area (TPSA) is 52.6 Å². The minimum absolute atomic E-state index is 0.00929. The number of halogens is 1. The number of hydrogen-bond acceptors (Lipinski definition) is 2. The van der Waals surface area contributed by atoms with Crippen LogP contribution in [0, 0.1) is 11.8 Å². The van der Waals surface area contributed by atoms with Gasteiger partial charge in [-0.15, -0.1) is 0 Å². The highest BCUT2D eigenvalue weighted by Crippen LogP contribution is 2.47. The summed E-state index contributed by atoms with van der Waals surface area (Å²) in [5, 5.41) is 13.1. The van der Waals surface area contributed by atoms with Crippen molar-refractivity contribution < 1.29 is 9.90 Å². The van der Waals surface area contributed by atoms with Crippen LogP contribution in [0.3, 0.4) is 0 Å². The highest BCUT2D eigenvalue weighted by atomic mass is 35.5. The van der Waals surface area contributed by atoms with Crippen molar-refractivity contribution in [2.45, 2.75) is 38.3 Å². The first-order valence-corrected chi connectivity index (χ1v) is 8.41. The van der Waals surface area contributed by atoms with Crippen molar-refractivity contribution in [2.24, 2.45) is 11.8 Å². The lowest BCUT2D eigenvalue weighted by molar-refractivity contribution is 0.169. The summed E-state index contributed by atoms with van der Waals surface area (Å²) >= 11 is 5.96. The second kappa shape index (κ2) is 6.47. The summed E-state index contributed by atoms with van der Waals surface area (Å²) in [5.74, 6) is 1.12. The molecule has 5 heteroatoms. The number of amides is 2. The van der Waals surface area contributed by atoms with Crippen molar-refractivity contribution in [1.29, 1.82) is 0 Å². The summed E-state index contributed by atoms with van der Waals surface area (Å²) < 4.78 is 0. The number of nitrogens with zero attached hydrogens (tertiary/aromatic N) is 1. The summed E-state index contributed by atoms with van der Waals surface area (Å²) in [5.41, 5.74) is 1.10. The maximum Gasteiger partial charge on any atom is 0.318 e. The number of rotatable bonds is 6. The van der Waals surface area contributed by atoms with Gasteiger partial charge in [-0.25, -0.2) is 4.79 Å². The van der Waals surface area contributed by atoms with E-state index in [-0.39, 0.29) is 18.7 Å². The molecule has 3 unspecified atom stereocenters. The van der Waals surface area contributed by atoms with Gasteiger partial charge in [-0.2, -0.15) is 0 Å². The molecule has 4 nitrogen and oxygen atoms in total. The van der Waals surface area contributed by atoms with Crippen LogP contribution in [-0.4, -0.2) is 35.2 Å². The van der Waals surface area contributed by atoms with Gasteiger partial charge in [0.1, 0.15) is 0 Å². The molecule has 2 saturated carbocycles. The lowest BCUT2D eigenvalue weighted by Gasteiger charge is -2.26. The Bertz CT molecular complexity index is 530. The van der Waals surface area contributed by atoms with E-state index in [4.69, 9.17) is 11.6 Å². The first kappa shape index (κ1) is 15.6. The number of aliphatic hydroxyl groups excluding tert-OH is 1. The van der Waals surface area contributed by atoms with Gasteiger partial charge in [0.25, 0.3) is 0 Å². The summed E-state index contributed by atoms with van der Waals surface area (Å²) in [6.07, 6.45) is 3.22. The molecule has 2 amide bonds. The molecular weight excluding hydrogens is 300 g/mol. The molecule has 22 heavy (non-hydrogen) atoms. The van der Waals surface area contributed by atoms with Gasteiger partial charge >= 0.3 is 6.03 Å². The maximum absolute atomic E-state index is 12.6. The van der Waals surface area contributed by atoms with Crippen molar-refractivity contribution in [3.8, 4) is 0 Å². The second-order valence-electron chi connectivity index (χ2n) is 6.50. The van der Waals surface area contributed by atoms with Crippen LogP contribution >= 0.6 is 11.6 Å². The van der Waals surface area contributed by atoms with Gasteiger partial charge in [-0.3, -0.25) is 0 Å². The summed E-state index contributed by atoms with van der Waals surface area (Å²) in [6, 6.07) is 7.99. The molecule has 2 N–H and O–H groups in total.